The average Bonchev–Trinajstić information content (AvgIpc) is 3.10. The van der Waals surface area contributed by atoms with E-state index in [4.69, 9.17) is 16.1 Å². The number of hydrogen-bond donors (Lipinski definition) is 1. The van der Waals surface area contributed by atoms with Crippen LogP contribution in [0.4, 0.5) is 0 Å². The van der Waals surface area contributed by atoms with E-state index in [-0.39, 0.29) is 17.6 Å². The van der Waals surface area contributed by atoms with E-state index in [1.54, 1.807) is 18.5 Å². The molecule has 5 nitrogen and oxygen atoms in total. The lowest BCUT2D eigenvalue weighted by atomic mass is 9.76. The van der Waals surface area contributed by atoms with Crippen LogP contribution in [-0.4, -0.2) is 22.1 Å². The fourth-order valence-corrected chi connectivity index (χ4v) is 3.15. The minimum atomic E-state index is -0.210. The van der Waals surface area contributed by atoms with Crippen LogP contribution in [0, 0.1) is 0 Å². The summed E-state index contributed by atoms with van der Waals surface area (Å²) in [5.74, 6) is 0.787. The van der Waals surface area contributed by atoms with Gasteiger partial charge in [-0.3, -0.25) is 9.78 Å². The molecule has 0 spiro atoms. The summed E-state index contributed by atoms with van der Waals surface area (Å²) in [6.45, 7) is 0. The molecule has 126 valence electrons. The first-order valence-corrected chi connectivity index (χ1v) is 8.50. The van der Waals surface area contributed by atoms with Crippen LogP contribution in [0.25, 0.3) is 11.3 Å². The van der Waals surface area contributed by atoms with Gasteiger partial charge in [0.1, 0.15) is 0 Å². The second-order valence-corrected chi connectivity index (χ2v) is 6.64. The number of aromatic nitrogens is 2. The molecule has 1 aromatic carbocycles. The third kappa shape index (κ3) is 3.42. The van der Waals surface area contributed by atoms with Crippen molar-refractivity contribution in [3.05, 3.63) is 71.1 Å². The Kier molecular flexibility index (Phi) is 4.24. The van der Waals surface area contributed by atoms with Gasteiger partial charge in [0.05, 0.1) is 0 Å². The Balaban J connectivity index is 1.34. The predicted octanol–water partition coefficient (Wildman–Crippen LogP) is 4.07. The second-order valence-electron chi connectivity index (χ2n) is 6.21. The first-order valence-electron chi connectivity index (χ1n) is 8.12. The van der Waals surface area contributed by atoms with E-state index in [0.717, 1.165) is 23.4 Å². The first-order chi connectivity index (χ1) is 12.2. The molecule has 0 atom stereocenters. The van der Waals surface area contributed by atoms with Crippen LogP contribution in [0.1, 0.15) is 34.8 Å². The van der Waals surface area contributed by atoms with Crippen LogP contribution in [0.2, 0.25) is 5.02 Å². The normalized spacial score (nSPS) is 19.2. The van der Waals surface area contributed by atoms with Gasteiger partial charge in [-0.25, -0.2) is 0 Å². The van der Waals surface area contributed by atoms with Gasteiger partial charge in [0.25, 0.3) is 5.91 Å². The molecule has 1 amide bonds. The maximum absolute atomic E-state index is 12.3. The van der Waals surface area contributed by atoms with Gasteiger partial charge in [-0.15, -0.1) is 0 Å². The fraction of sp³-hybridized carbons (Fsp3) is 0.211. The number of nitrogens with one attached hydrogen (secondary N) is 1. The molecule has 6 heteroatoms. The molecular weight excluding hydrogens is 338 g/mol. The van der Waals surface area contributed by atoms with Gasteiger partial charge in [-0.2, -0.15) is 0 Å². The van der Waals surface area contributed by atoms with Gasteiger partial charge in [-0.05, 0) is 48.6 Å². The first kappa shape index (κ1) is 15.8. The average molecular weight is 354 g/mol. The standard InChI is InChI=1S/C19H16ClN3O2/c20-15-5-3-12(4-6-15)14-8-16(9-14)22-19(24)17-10-18(25-23-17)13-2-1-7-21-11-13/h1-7,10-11,14,16H,8-9H2,(H,22,24). The Bertz CT molecular complexity index is 871. The Morgan fingerprint density at radius 1 is 1.20 bits per heavy atom. The van der Waals surface area contributed by atoms with Crippen LogP contribution in [0.3, 0.4) is 0 Å². The van der Waals surface area contributed by atoms with Gasteiger partial charge >= 0.3 is 0 Å². The number of pyridine rings is 1. The highest BCUT2D eigenvalue weighted by Crippen LogP contribution is 2.37. The summed E-state index contributed by atoms with van der Waals surface area (Å²) in [6.07, 6.45) is 5.19. The van der Waals surface area contributed by atoms with E-state index in [9.17, 15) is 4.79 Å². The Morgan fingerprint density at radius 2 is 2.00 bits per heavy atom. The van der Waals surface area contributed by atoms with Gasteiger partial charge < -0.3 is 9.84 Å². The van der Waals surface area contributed by atoms with Crippen LogP contribution in [-0.2, 0) is 0 Å². The van der Waals surface area contributed by atoms with Crippen molar-refractivity contribution in [1.29, 1.82) is 0 Å². The molecule has 0 saturated heterocycles. The van der Waals surface area contributed by atoms with E-state index in [2.05, 4.69) is 15.5 Å². The summed E-state index contributed by atoms with van der Waals surface area (Å²) in [4.78, 5) is 16.3. The van der Waals surface area contributed by atoms with Crippen molar-refractivity contribution in [3.8, 4) is 11.3 Å². The maximum atomic E-state index is 12.3. The Hall–Kier alpha value is -2.66. The Labute approximate surface area is 150 Å². The fourth-order valence-electron chi connectivity index (χ4n) is 3.03. The van der Waals surface area contributed by atoms with Crippen molar-refractivity contribution in [2.45, 2.75) is 24.8 Å². The van der Waals surface area contributed by atoms with Crippen molar-refractivity contribution >= 4 is 17.5 Å². The summed E-state index contributed by atoms with van der Waals surface area (Å²) >= 11 is 5.91. The van der Waals surface area contributed by atoms with Crippen molar-refractivity contribution in [2.75, 3.05) is 0 Å². The zero-order chi connectivity index (χ0) is 17.2. The molecule has 0 unspecified atom stereocenters. The monoisotopic (exact) mass is 353 g/mol. The molecule has 1 saturated carbocycles. The van der Waals surface area contributed by atoms with Crippen molar-refractivity contribution < 1.29 is 9.32 Å². The molecule has 1 fully saturated rings. The van der Waals surface area contributed by atoms with E-state index in [1.165, 1.54) is 5.56 Å². The highest BCUT2D eigenvalue weighted by atomic mass is 35.5. The summed E-state index contributed by atoms with van der Waals surface area (Å²) in [7, 11) is 0. The molecule has 2 aromatic heterocycles. The zero-order valence-electron chi connectivity index (χ0n) is 13.4. The molecule has 1 aliphatic carbocycles. The number of halogens is 1. The number of nitrogens with zero attached hydrogens (tertiary/aromatic N) is 2. The molecule has 0 bridgehead atoms. The highest BCUT2D eigenvalue weighted by Gasteiger charge is 2.32. The number of carbonyl (C=O) groups excluding carboxylic acids is 1. The molecule has 0 aliphatic heterocycles. The molecule has 1 N–H and O–H groups in total. The summed E-state index contributed by atoms with van der Waals surface area (Å²) in [5.41, 5.74) is 2.34. The smallest absolute Gasteiger partial charge is 0.273 e. The lowest BCUT2D eigenvalue weighted by molar-refractivity contribution is 0.0900. The summed E-state index contributed by atoms with van der Waals surface area (Å²) < 4.78 is 5.24. The molecular formula is C19H16ClN3O2. The Morgan fingerprint density at radius 3 is 2.72 bits per heavy atom. The van der Waals surface area contributed by atoms with Crippen molar-refractivity contribution in [3.63, 3.8) is 0 Å². The lowest BCUT2D eigenvalue weighted by Gasteiger charge is -2.36. The van der Waals surface area contributed by atoms with Gasteiger partial charge in [-0.1, -0.05) is 28.9 Å². The number of carbonyl (C=O) groups is 1. The number of benzene rings is 1. The number of amides is 1. The summed E-state index contributed by atoms with van der Waals surface area (Å²) in [5, 5.41) is 7.61. The molecule has 1 aliphatic rings. The maximum Gasteiger partial charge on any atom is 0.273 e. The van der Waals surface area contributed by atoms with Gasteiger partial charge in [0, 0.05) is 35.1 Å². The minimum Gasteiger partial charge on any atom is -0.355 e. The molecule has 4 rings (SSSR count). The minimum absolute atomic E-state index is 0.159. The molecule has 25 heavy (non-hydrogen) atoms. The number of hydrogen-bond acceptors (Lipinski definition) is 4. The zero-order valence-corrected chi connectivity index (χ0v) is 14.1. The quantitative estimate of drug-likeness (QED) is 0.767. The summed E-state index contributed by atoms with van der Waals surface area (Å²) in [6, 6.07) is 13.4. The highest BCUT2D eigenvalue weighted by molar-refractivity contribution is 6.30. The van der Waals surface area contributed by atoms with Crippen LogP contribution < -0.4 is 5.32 Å². The van der Waals surface area contributed by atoms with Crippen LogP contribution in [0.5, 0.6) is 0 Å². The third-order valence-electron chi connectivity index (χ3n) is 4.50. The second kappa shape index (κ2) is 6.69. The predicted molar refractivity (Wildman–Crippen MR) is 94.4 cm³/mol. The van der Waals surface area contributed by atoms with Gasteiger partial charge in [0.2, 0.25) is 0 Å². The largest absolute Gasteiger partial charge is 0.355 e. The molecule has 2 heterocycles. The van der Waals surface area contributed by atoms with E-state index in [1.807, 2.05) is 36.4 Å². The van der Waals surface area contributed by atoms with Crippen molar-refractivity contribution in [2.24, 2.45) is 0 Å². The van der Waals surface area contributed by atoms with E-state index >= 15 is 0 Å². The van der Waals surface area contributed by atoms with Crippen LogP contribution >= 0.6 is 11.6 Å². The van der Waals surface area contributed by atoms with Crippen LogP contribution in [0.15, 0.2) is 59.4 Å². The van der Waals surface area contributed by atoms with E-state index in [0.29, 0.717) is 11.7 Å². The van der Waals surface area contributed by atoms with E-state index < -0.39 is 0 Å². The molecule has 0 radical (unpaired) electrons. The lowest BCUT2D eigenvalue weighted by Crippen LogP contribution is -2.43. The van der Waals surface area contributed by atoms with Gasteiger partial charge in [0.15, 0.2) is 11.5 Å². The SMILES string of the molecule is O=C(NC1CC(c2ccc(Cl)cc2)C1)c1cc(-c2cccnc2)on1. The molecule has 3 aromatic rings. The van der Waals surface area contributed by atoms with Crippen molar-refractivity contribution in [1.82, 2.24) is 15.5 Å². The number of rotatable bonds is 4. The topological polar surface area (TPSA) is 68.0 Å². The third-order valence-corrected chi connectivity index (χ3v) is 4.76.